The van der Waals surface area contributed by atoms with Crippen LogP contribution in [0.3, 0.4) is 0 Å². The monoisotopic (exact) mass is 374 g/mol. The van der Waals surface area contributed by atoms with Crippen molar-refractivity contribution in [2.45, 2.75) is 13.5 Å². The van der Waals surface area contributed by atoms with Crippen LogP contribution in [0.15, 0.2) is 59.4 Å². The average Bonchev–Trinajstić information content (AvgIpc) is 3.31. The number of anilines is 1. The molecule has 0 saturated heterocycles. The van der Waals surface area contributed by atoms with Gasteiger partial charge in [-0.05, 0) is 37.3 Å². The molecule has 2 aromatic heterocycles. The number of H-pyrrole nitrogens is 1. The van der Waals surface area contributed by atoms with E-state index in [4.69, 9.17) is 9.47 Å². The molecule has 0 saturated carbocycles. The number of pyridine rings is 1. The molecule has 0 bridgehead atoms. The first-order chi connectivity index (χ1) is 13.7. The second-order valence-corrected chi connectivity index (χ2v) is 6.64. The second-order valence-electron chi connectivity index (χ2n) is 6.64. The van der Waals surface area contributed by atoms with Crippen molar-refractivity contribution in [2.24, 2.45) is 0 Å². The number of aryl methyl sites for hydroxylation is 1. The molecule has 0 radical (unpaired) electrons. The highest BCUT2D eigenvalue weighted by atomic mass is 16.7. The summed E-state index contributed by atoms with van der Waals surface area (Å²) in [5.41, 5.74) is 3.82. The highest BCUT2D eigenvalue weighted by Crippen LogP contribution is 2.34. The van der Waals surface area contributed by atoms with Gasteiger partial charge in [-0.15, -0.1) is 0 Å². The van der Waals surface area contributed by atoms with Gasteiger partial charge in [0.05, 0.1) is 11.4 Å². The van der Waals surface area contributed by atoms with E-state index >= 15 is 0 Å². The topological polar surface area (TPSA) is 81.2 Å². The normalized spacial score (nSPS) is 12.5. The molecule has 0 atom stereocenters. The Hall–Kier alpha value is -3.74. The fourth-order valence-corrected chi connectivity index (χ4v) is 3.35. The molecule has 1 aliphatic heterocycles. The van der Waals surface area contributed by atoms with E-state index in [-0.39, 0.29) is 12.4 Å². The summed E-state index contributed by atoms with van der Waals surface area (Å²) in [6, 6.07) is 17.3. The van der Waals surface area contributed by atoms with Gasteiger partial charge in [0.2, 0.25) is 6.79 Å². The largest absolute Gasteiger partial charge is 0.454 e. The molecule has 28 heavy (non-hydrogen) atoms. The Balaban J connectivity index is 1.47. The molecule has 4 aromatic rings. The molecular weight excluding hydrogens is 356 g/mol. The van der Waals surface area contributed by atoms with Crippen LogP contribution < -0.4 is 20.3 Å². The number of rotatable bonds is 4. The van der Waals surface area contributed by atoms with Crippen LogP contribution in [-0.2, 0) is 6.54 Å². The Kier molecular flexibility index (Phi) is 3.79. The third-order valence-electron chi connectivity index (χ3n) is 4.81. The molecule has 2 aromatic carbocycles. The number of nitrogens with one attached hydrogen (secondary N) is 2. The van der Waals surface area contributed by atoms with Crippen LogP contribution in [0.2, 0.25) is 0 Å². The fourth-order valence-electron chi connectivity index (χ4n) is 3.35. The predicted molar refractivity (Wildman–Crippen MR) is 106 cm³/mol. The molecule has 0 aliphatic carbocycles. The van der Waals surface area contributed by atoms with Gasteiger partial charge in [0.15, 0.2) is 11.5 Å². The van der Waals surface area contributed by atoms with Crippen molar-refractivity contribution in [3.05, 3.63) is 76.2 Å². The molecule has 0 fully saturated rings. The Morgan fingerprint density at radius 3 is 2.79 bits per heavy atom. The second kappa shape index (κ2) is 6.45. The summed E-state index contributed by atoms with van der Waals surface area (Å²) in [7, 11) is 0. The fraction of sp³-hybridized carbons (Fsp3) is 0.143. The van der Waals surface area contributed by atoms with Crippen LogP contribution in [0.5, 0.6) is 11.5 Å². The summed E-state index contributed by atoms with van der Waals surface area (Å²) in [5, 5.41) is 8.79. The molecule has 7 nitrogen and oxygen atoms in total. The minimum atomic E-state index is -0.141. The van der Waals surface area contributed by atoms with Gasteiger partial charge < -0.3 is 19.8 Å². The molecular formula is C21H18N4O3. The molecule has 3 heterocycles. The lowest BCUT2D eigenvalue weighted by Gasteiger charge is -2.08. The van der Waals surface area contributed by atoms with Gasteiger partial charge in [0.25, 0.3) is 5.56 Å². The zero-order valence-corrected chi connectivity index (χ0v) is 15.2. The summed E-state index contributed by atoms with van der Waals surface area (Å²) in [5.74, 6) is 1.43. The van der Waals surface area contributed by atoms with Crippen molar-refractivity contribution < 1.29 is 9.47 Å². The molecule has 0 amide bonds. The van der Waals surface area contributed by atoms with Gasteiger partial charge in [0, 0.05) is 29.2 Å². The quantitative estimate of drug-likeness (QED) is 0.572. The first-order valence-corrected chi connectivity index (χ1v) is 8.99. The van der Waals surface area contributed by atoms with Crippen LogP contribution in [0.1, 0.15) is 11.3 Å². The highest BCUT2D eigenvalue weighted by Gasteiger charge is 2.15. The molecule has 0 unspecified atom stereocenters. The number of fused-ring (bicyclic) bond motifs is 2. The van der Waals surface area contributed by atoms with E-state index in [2.05, 4.69) is 15.4 Å². The smallest absolute Gasteiger partial charge is 0.254 e. The number of aromatic nitrogens is 3. The summed E-state index contributed by atoms with van der Waals surface area (Å²) in [4.78, 5) is 15.6. The van der Waals surface area contributed by atoms with Gasteiger partial charge in [-0.2, -0.15) is 5.10 Å². The zero-order valence-electron chi connectivity index (χ0n) is 15.2. The van der Waals surface area contributed by atoms with Crippen molar-refractivity contribution >= 4 is 16.7 Å². The first kappa shape index (κ1) is 16.4. The van der Waals surface area contributed by atoms with Gasteiger partial charge in [-0.3, -0.25) is 4.79 Å². The number of benzene rings is 2. The molecule has 0 spiro atoms. The average molecular weight is 374 g/mol. The van der Waals surface area contributed by atoms with Crippen molar-refractivity contribution in [1.82, 2.24) is 14.8 Å². The van der Waals surface area contributed by atoms with E-state index < -0.39 is 0 Å². The Morgan fingerprint density at radius 2 is 1.93 bits per heavy atom. The van der Waals surface area contributed by atoms with E-state index in [1.165, 1.54) is 0 Å². The van der Waals surface area contributed by atoms with Gasteiger partial charge in [0.1, 0.15) is 5.65 Å². The SMILES string of the molecule is Cc1nn(-c2ccccc2)c2[nH]c(=O)c(CNc3ccc4c(c3)OCO4)cc12. The third kappa shape index (κ3) is 2.77. The van der Waals surface area contributed by atoms with Crippen molar-refractivity contribution in [1.29, 1.82) is 0 Å². The molecule has 7 heteroatoms. The van der Waals surface area contributed by atoms with Gasteiger partial charge in [-0.25, -0.2) is 4.68 Å². The Labute approximate surface area is 160 Å². The number of ether oxygens (including phenoxy) is 2. The van der Waals surface area contributed by atoms with E-state index in [9.17, 15) is 4.79 Å². The van der Waals surface area contributed by atoms with Crippen LogP contribution >= 0.6 is 0 Å². The maximum absolute atomic E-state index is 12.7. The number of hydrogen-bond acceptors (Lipinski definition) is 5. The predicted octanol–water partition coefficient (Wildman–Crippen LogP) is 3.36. The summed E-state index contributed by atoms with van der Waals surface area (Å²) in [6.07, 6.45) is 0. The third-order valence-corrected chi connectivity index (χ3v) is 4.81. The number of aromatic amines is 1. The lowest BCUT2D eigenvalue weighted by Crippen LogP contribution is -2.16. The molecule has 1 aliphatic rings. The van der Waals surface area contributed by atoms with E-state index in [1.807, 2.05) is 61.5 Å². The maximum atomic E-state index is 12.7. The summed E-state index contributed by atoms with van der Waals surface area (Å²) >= 11 is 0. The minimum Gasteiger partial charge on any atom is -0.454 e. The van der Waals surface area contributed by atoms with E-state index in [0.717, 1.165) is 28.2 Å². The van der Waals surface area contributed by atoms with Crippen molar-refractivity contribution in [3.63, 3.8) is 0 Å². The van der Waals surface area contributed by atoms with Crippen LogP contribution in [0.25, 0.3) is 16.7 Å². The van der Waals surface area contributed by atoms with Crippen molar-refractivity contribution in [3.8, 4) is 17.2 Å². The van der Waals surface area contributed by atoms with Crippen LogP contribution in [0.4, 0.5) is 5.69 Å². The molecule has 2 N–H and O–H groups in total. The van der Waals surface area contributed by atoms with Gasteiger partial charge in [-0.1, -0.05) is 18.2 Å². The standard InChI is InChI=1S/C21H18N4O3/c1-13-17-9-14(11-22-15-7-8-18-19(10-15)28-12-27-18)21(26)23-20(17)25(24-13)16-5-3-2-4-6-16/h2-10,22H,11-12H2,1H3,(H,23,26). The van der Waals surface area contributed by atoms with E-state index in [1.54, 1.807) is 4.68 Å². The van der Waals surface area contributed by atoms with E-state index in [0.29, 0.717) is 23.5 Å². The lowest BCUT2D eigenvalue weighted by atomic mass is 10.2. The Bertz CT molecular complexity index is 1230. The van der Waals surface area contributed by atoms with Crippen LogP contribution in [-0.4, -0.2) is 21.6 Å². The van der Waals surface area contributed by atoms with Crippen molar-refractivity contribution in [2.75, 3.05) is 12.1 Å². The number of hydrogen-bond donors (Lipinski definition) is 2. The summed E-state index contributed by atoms with van der Waals surface area (Å²) < 4.78 is 12.5. The molecule has 5 rings (SSSR count). The number of para-hydroxylation sites is 1. The first-order valence-electron chi connectivity index (χ1n) is 8.99. The van der Waals surface area contributed by atoms with Gasteiger partial charge >= 0.3 is 0 Å². The van der Waals surface area contributed by atoms with Crippen LogP contribution in [0, 0.1) is 6.92 Å². The zero-order chi connectivity index (χ0) is 19.1. The highest BCUT2D eigenvalue weighted by molar-refractivity contribution is 5.80. The minimum absolute atomic E-state index is 0.141. The maximum Gasteiger partial charge on any atom is 0.254 e. The lowest BCUT2D eigenvalue weighted by molar-refractivity contribution is 0.174. The molecule has 140 valence electrons. The summed E-state index contributed by atoms with van der Waals surface area (Å²) in [6.45, 7) is 2.57. The number of nitrogens with zero attached hydrogens (tertiary/aromatic N) is 2. The Morgan fingerprint density at radius 1 is 1.11 bits per heavy atom.